The first kappa shape index (κ1) is 10.8. The lowest BCUT2D eigenvalue weighted by Gasteiger charge is -2.20. The van der Waals surface area contributed by atoms with Crippen molar-refractivity contribution >= 4 is 0 Å². The van der Waals surface area contributed by atoms with Gasteiger partial charge in [0.05, 0.1) is 12.2 Å². The first-order valence-corrected chi connectivity index (χ1v) is 3.68. The molecule has 0 aliphatic heterocycles. The number of rotatable bonds is 5. The van der Waals surface area contributed by atoms with Crippen molar-refractivity contribution in [3.8, 4) is 0 Å². The molecule has 0 heterocycles. The highest BCUT2D eigenvalue weighted by molar-refractivity contribution is 4.67. The summed E-state index contributed by atoms with van der Waals surface area (Å²) in [5.74, 6) is 0. The second-order valence-electron chi connectivity index (χ2n) is 2.47. The van der Waals surface area contributed by atoms with Crippen LogP contribution in [0.4, 0.5) is 0 Å². The standard InChI is InChI=1S/C7H16O4/c1-3-6(11-2)5(8)4-7(9)10/h5-10H,3-4H2,1-2H3/t5-,6+/m1/s1. The highest BCUT2D eigenvalue weighted by atomic mass is 16.5. The van der Waals surface area contributed by atoms with Gasteiger partial charge in [-0.1, -0.05) is 6.92 Å². The highest BCUT2D eigenvalue weighted by Crippen LogP contribution is 2.07. The van der Waals surface area contributed by atoms with Crippen molar-refractivity contribution < 1.29 is 20.1 Å². The molecule has 11 heavy (non-hydrogen) atoms. The summed E-state index contributed by atoms with van der Waals surface area (Å²) in [6.07, 6.45) is -1.98. The zero-order valence-corrected chi connectivity index (χ0v) is 6.90. The highest BCUT2D eigenvalue weighted by Gasteiger charge is 2.18. The molecule has 0 saturated carbocycles. The van der Waals surface area contributed by atoms with Gasteiger partial charge in [-0.15, -0.1) is 0 Å². The van der Waals surface area contributed by atoms with Crippen molar-refractivity contribution in [3.63, 3.8) is 0 Å². The summed E-state index contributed by atoms with van der Waals surface area (Å²) in [5.41, 5.74) is 0. The fraction of sp³-hybridized carbons (Fsp3) is 1.00. The van der Waals surface area contributed by atoms with Crippen molar-refractivity contribution in [2.45, 2.75) is 38.3 Å². The minimum absolute atomic E-state index is 0.0631. The molecule has 0 unspecified atom stereocenters. The minimum atomic E-state index is -1.46. The third-order valence-electron chi connectivity index (χ3n) is 1.59. The van der Waals surface area contributed by atoms with Gasteiger partial charge >= 0.3 is 0 Å². The molecule has 0 aromatic heterocycles. The van der Waals surface area contributed by atoms with Gasteiger partial charge < -0.3 is 20.1 Å². The third kappa shape index (κ3) is 4.31. The molecule has 0 spiro atoms. The Morgan fingerprint density at radius 2 is 1.82 bits per heavy atom. The lowest BCUT2D eigenvalue weighted by Crippen LogP contribution is -2.30. The monoisotopic (exact) mass is 164 g/mol. The van der Waals surface area contributed by atoms with Crippen LogP contribution in [0.15, 0.2) is 0 Å². The Labute approximate surface area is 66.4 Å². The van der Waals surface area contributed by atoms with Gasteiger partial charge in [-0.2, -0.15) is 0 Å². The van der Waals surface area contributed by atoms with E-state index in [4.69, 9.17) is 14.9 Å². The summed E-state index contributed by atoms with van der Waals surface area (Å²) in [5, 5.41) is 26.2. The predicted molar refractivity (Wildman–Crippen MR) is 39.9 cm³/mol. The molecular weight excluding hydrogens is 148 g/mol. The van der Waals surface area contributed by atoms with Gasteiger partial charge in [0.25, 0.3) is 0 Å². The average molecular weight is 164 g/mol. The predicted octanol–water partition coefficient (Wildman–Crippen LogP) is -0.527. The molecule has 0 saturated heterocycles. The third-order valence-corrected chi connectivity index (χ3v) is 1.59. The SMILES string of the molecule is CC[C@H](OC)[C@H](O)CC(O)O. The van der Waals surface area contributed by atoms with Crippen molar-refractivity contribution in [2.75, 3.05) is 7.11 Å². The Kier molecular flexibility index (Phi) is 5.41. The van der Waals surface area contributed by atoms with Gasteiger partial charge in [0.15, 0.2) is 6.29 Å². The van der Waals surface area contributed by atoms with E-state index in [2.05, 4.69) is 0 Å². The summed E-state index contributed by atoms with van der Waals surface area (Å²) < 4.78 is 4.89. The summed E-state index contributed by atoms with van der Waals surface area (Å²) in [6, 6.07) is 0. The molecule has 0 amide bonds. The van der Waals surface area contributed by atoms with Gasteiger partial charge in [0, 0.05) is 13.5 Å². The van der Waals surface area contributed by atoms with Gasteiger partial charge in [-0.3, -0.25) is 0 Å². The number of hydrogen-bond acceptors (Lipinski definition) is 4. The number of hydrogen-bond donors (Lipinski definition) is 3. The van der Waals surface area contributed by atoms with E-state index in [0.717, 1.165) is 0 Å². The Morgan fingerprint density at radius 3 is 2.09 bits per heavy atom. The van der Waals surface area contributed by atoms with Crippen molar-refractivity contribution in [1.29, 1.82) is 0 Å². The molecule has 0 aliphatic rings. The van der Waals surface area contributed by atoms with Crippen LogP contribution in [0.3, 0.4) is 0 Å². The van der Waals surface area contributed by atoms with Crippen LogP contribution in [-0.4, -0.2) is 40.9 Å². The van der Waals surface area contributed by atoms with Crippen LogP contribution in [0.1, 0.15) is 19.8 Å². The molecule has 0 bridgehead atoms. The largest absolute Gasteiger partial charge is 0.390 e. The molecule has 68 valence electrons. The molecule has 4 nitrogen and oxygen atoms in total. The first-order valence-electron chi connectivity index (χ1n) is 3.68. The maximum absolute atomic E-state index is 9.23. The quantitative estimate of drug-likeness (QED) is 0.478. The Hall–Kier alpha value is -0.160. The molecule has 2 atom stereocenters. The van der Waals surface area contributed by atoms with E-state index in [1.54, 1.807) is 0 Å². The zero-order chi connectivity index (χ0) is 8.85. The van der Waals surface area contributed by atoms with E-state index >= 15 is 0 Å². The van der Waals surface area contributed by atoms with Crippen molar-refractivity contribution in [3.05, 3.63) is 0 Å². The van der Waals surface area contributed by atoms with E-state index < -0.39 is 12.4 Å². The van der Waals surface area contributed by atoms with Crippen molar-refractivity contribution in [2.24, 2.45) is 0 Å². The average Bonchev–Trinajstić information content (AvgIpc) is 1.88. The number of aliphatic hydroxyl groups is 3. The minimum Gasteiger partial charge on any atom is -0.390 e. The smallest absolute Gasteiger partial charge is 0.154 e. The first-order chi connectivity index (χ1) is 5.11. The molecule has 0 aliphatic carbocycles. The van der Waals surface area contributed by atoms with Crippen LogP contribution in [0, 0.1) is 0 Å². The van der Waals surface area contributed by atoms with Crippen molar-refractivity contribution in [1.82, 2.24) is 0 Å². The maximum atomic E-state index is 9.23. The molecule has 0 radical (unpaired) electrons. The summed E-state index contributed by atoms with van der Waals surface area (Å²) >= 11 is 0. The maximum Gasteiger partial charge on any atom is 0.154 e. The second-order valence-corrected chi connectivity index (χ2v) is 2.47. The Bertz CT molecular complexity index is 90.4. The van der Waals surface area contributed by atoms with E-state index in [0.29, 0.717) is 6.42 Å². The van der Waals surface area contributed by atoms with Crippen LogP contribution < -0.4 is 0 Å². The summed E-state index contributed by atoms with van der Waals surface area (Å²) in [4.78, 5) is 0. The molecule has 0 aromatic rings. The number of aliphatic hydroxyl groups excluding tert-OH is 2. The fourth-order valence-electron chi connectivity index (χ4n) is 0.964. The van der Waals surface area contributed by atoms with Crippen LogP contribution in [0.25, 0.3) is 0 Å². The van der Waals surface area contributed by atoms with E-state index in [1.807, 2.05) is 6.92 Å². The zero-order valence-electron chi connectivity index (χ0n) is 6.90. The molecular formula is C7H16O4. The molecule has 0 aromatic carbocycles. The van der Waals surface area contributed by atoms with Gasteiger partial charge in [0.2, 0.25) is 0 Å². The lowest BCUT2D eigenvalue weighted by molar-refractivity contribution is -0.0992. The van der Waals surface area contributed by atoms with E-state index in [-0.39, 0.29) is 12.5 Å². The van der Waals surface area contributed by atoms with Crippen LogP contribution in [-0.2, 0) is 4.74 Å². The van der Waals surface area contributed by atoms with Crippen LogP contribution in [0.5, 0.6) is 0 Å². The topological polar surface area (TPSA) is 69.9 Å². The Balaban J connectivity index is 3.68. The van der Waals surface area contributed by atoms with Gasteiger partial charge in [-0.05, 0) is 6.42 Å². The van der Waals surface area contributed by atoms with Crippen LogP contribution >= 0.6 is 0 Å². The number of methoxy groups -OCH3 is 1. The lowest BCUT2D eigenvalue weighted by atomic mass is 10.1. The van der Waals surface area contributed by atoms with E-state index in [1.165, 1.54) is 7.11 Å². The normalized spacial score (nSPS) is 16.9. The second kappa shape index (κ2) is 5.49. The summed E-state index contributed by atoms with van der Waals surface area (Å²) in [6.45, 7) is 1.86. The van der Waals surface area contributed by atoms with Gasteiger partial charge in [0.1, 0.15) is 0 Å². The molecule has 0 fully saturated rings. The molecule has 4 heteroatoms. The molecule has 3 N–H and O–H groups in total. The van der Waals surface area contributed by atoms with Gasteiger partial charge in [-0.25, -0.2) is 0 Å². The molecule has 0 rings (SSSR count). The fourth-order valence-corrected chi connectivity index (χ4v) is 0.964. The number of ether oxygens (including phenoxy) is 1. The van der Waals surface area contributed by atoms with Crippen LogP contribution in [0.2, 0.25) is 0 Å². The Morgan fingerprint density at radius 1 is 1.27 bits per heavy atom. The van der Waals surface area contributed by atoms with E-state index in [9.17, 15) is 5.11 Å². The summed E-state index contributed by atoms with van der Waals surface area (Å²) in [7, 11) is 1.49.